The fraction of sp³-hybridized carbons (Fsp3) is 0.310. The third-order valence-electron chi connectivity index (χ3n) is 6.68. The molecular formula is C29H31N9O. The highest BCUT2D eigenvalue weighted by atomic mass is 16.1. The summed E-state index contributed by atoms with van der Waals surface area (Å²) in [6, 6.07) is 15.3. The Morgan fingerprint density at radius 2 is 1.97 bits per heavy atom. The van der Waals surface area contributed by atoms with Crippen molar-refractivity contribution in [1.29, 1.82) is 10.5 Å². The number of carbonyl (C=O) groups excluding carboxylic acids is 1. The maximum atomic E-state index is 11.9. The molecule has 1 amide bonds. The highest BCUT2D eigenvalue weighted by Gasteiger charge is 2.32. The minimum Gasteiger partial charge on any atom is -0.383 e. The zero-order valence-corrected chi connectivity index (χ0v) is 22.2. The molecule has 0 saturated heterocycles. The van der Waals surface area contributed by atoms with Crippen molar-refractivity contribution >= 4 is 28.2 Å². The Labute approximate surface area is 227 Å². The number of anilines is 2. The molecule has 1 aliphatic heterocycles. The lowest BCUT2D eigenvalue weighted by atomic mass is 9.96. The number of amides is 1. The van der Waals surface area contributed by atoms with Crippen molar-refractivity contribution in [1.82, 2.24) is 21.0 Å². The number of rotatable bonds is 8. The average molecular weight is 522 g/mol. The maximum absolute atomic E-state index is 11.9. The van der Waals surface area contributed by atoms with Gasteiger partial charge in [-0.2, -0.15) is 10.5 Å². The zero-order chi connectivity index (χ0) is 27.7. The van der Waals surface area contributed by atoms with E-state index in [0.29, 0.717) is 51.6 Å². The monoisotopic (exact) mass is 521 g/mol. The van der Waals surface area contributed by atoms with Crippen LogP contribution in [0.4, 0.5) is 11.4 Å². The molecule has 6 N–H and O–H groups in total. The highest BCUT2D eigenvalue weighted by Crippen LogP contribution is 2.35. The molecular weight excluding hydrogens is 490 g/mol. The Balaban J connectivity index is 1.60. The number of benzene rings is 2. The van der Waals surface area contributed by atoms with Crippen molar-refractivity contribution in [2.45, 2.75) is 45.7 Å². The molecule has 3 aromatic rings. The van der Waals surface area contributed by atoms with Crippen LogP contribution in [-0.2, 0) is 0 Å². The van der Waals surface area contributed by atoms with Gasteiger partial charge in [-0.1, -0.05) is 32.9 Å². The number of carbonyl (C=O) groups is 1. The van der Waals surface area contributed by atoms with Gasteiger partial charge in [-0.05, 0) is 48.1 Å². The number of fused-ring (bicyclic) bond motifs is 1. The summed E-state index contributed by atoms with van der Waals surface area (Å²) < 4.78 is 0. The Kier molecular flexibility index (Phi) is 6.73. The molecule has 198 valence electrons. The predicted molar refractivity (Wildman–Crippen MR) is 150 cm³/mol. The summed E-state index contributed by atoms with van der Waals surface area (Å²) in [6.07, 6.45) is 5.75. The molecule has 1 atom stereocenters. The number of hydrogen-bond acceptors (Lipinski definition) is 9. The van der Waals surface area contributed by atoms with E-state index in [2.05, 4.69) is 59.5 Å². The van der Waals surface area contributed by atoms with E-state index in [9.17, 15) is 15.3 Å². The quantitative estimate of drug-likeness (QED) is 0.296. The third kappa shape index (κ3) is 5.57. The number of hydrogen-bond donors (Lipinski definition) is 5. The van der Waals surface area contributed by atoms with E-state index in [0.717, 1.165) is 24.1 Å². The molecule has 39 heavy (non-hydrogen) atoms. The molecule has 1 aliphatic carbocycles. The van der Waals surface area contributed by atoms with Gasteiger partial charge < -0.3 is 21.8 Å². The smallest absolute Gasteiger partial charge is 0.248 e. The van der Waals surface area contributed by atoms with Crippen LogP contribution < -0.4 is 27.3 Å². The first-order valence-electron chi connectivity index (χ1n) is 12.9. The van der Waals surface area contributed by atoms with Gasteiger partial charge in [-0.15, -0.1) is 5.53 Å². The summed E-state index contributed by atoms with van der Waals surface area (Å²) in [4.78, 5) is 16.4. The van der Waals surface area contributed by atoms with Crippen LogP contribution in [0.25, 0.3) is 10.9 Å². The van der Waals surface area contributed by atoms with Crippen molar-refractivity contribution in [2.75, 3.05) is 17.2 Å². The maximum Gasteiger partial charge on any atom is 0.248 e. The summed E-state index contributed by atoms with van der Waals surface area (Å²) >= 11 is 0. The van der Waals surface area contributed by atoms with Crippen LogP contribution >= 0.6 is 0 Å². The Morgan fingerprint density at radius 1 is 1.21 bits per heavy atom. The molecule has 0 bridgehead atoms. The standard InChI is InChI=1S/C29H31N9O/c1-29(2,3)16-34-26-20(13-31)14-33-25-19(12-30)10-21(11-23(25)26)35-27(17-5-4-6-18(9-17)28(32)39)24-15-38(37-36-24)22-7-8-22/h4-6,9-11,14-15,22,27,35-37H,7-8,16H2,1-3H3,(H2,32,39)(H,33,34)/t27-/m0/s1. The van der Waals surface area contributed by atoms with E-state index >= 15 is 0 Å². The molecule has 0 radical (unpaired) electrons. The van der Waals surface area contributed by atoms with Crippen molar-refractivity contribution in [2.24, 2.45) is 11.1 Å². The number of nitrogens with one attached hydrogen (secondary N) is 4. The van der Waals surface area contributed by atoms with Crippen LogP contribution in [0, 0.1) is 28.1 Å². The average Bonchev–Trinajstić information content (AvgIpc) is 3.66. The number of nitrogens with zero attached hydrogens (tertiary/aromatic N) is 4. The topological polar surface area (TPSA) is 155 Å². The number of nitrogens with two attached hydrogens (primary N) is 1. The lowest BCUT2D eigenvalue weighted by Gasteiger charge is -2.23. The number of aromatic nitrogens is 1. The zero-order valence-electron chi connectivity index (χ0n) is 22.2. The molecule has 2 aromatic carbocycles. The van der Waals surface area contributed by atoms with Crippen LogP contribution in [-0.4, -0.2) is 28.5 Å². The second-order valence-electron chi connectivity index (χ2n) is 11.1. The largest absolute Gasteiger partial charge is 0.383 e. The summed E-state index contributed by atoms with van der Waals surface area (Å²) in [6.45, 7) is 6.95. The van der Waals surface area contributed by atoms with E-state index in [1.165, 1.54) is 6.20 Å². The van der Waals surface area contributed by atoms with Gasteiger partial charge in [-0.25, -0.2) is 0 Å². The van der Waals surface area contributed by atoms with Gasteiger partial charge in [0, 0.05) is 41.6 Å². The fourth-order valence-electron chi connectivity index (χ4n) is 4.52. The summed E-state index contributed by atoms with van der Waals surface area (Å²) in [5.74, 6) is -0.510. The molecule has 0 spiro atoms. The van der Waals surface area contributed by atoms with E-state index in [1.54, 1.807) is 24.3 Å². The summed E-state index contributed by atoms with van der Waals surface area (Å²) in [5, 5.41) is 29.5. The van der Waals surface area contributed by atoms with Gasteiger partial charge >= 0.3 is 0 Å². The van der Waals surface area contributed by atoms with Gasteiger partial charge in [0.05, 0.1) is 34.1 Å². The molecule has 1 saturated carbocycles. The van der Waals surface area contributed by atoms with E-state index in [-0.39, 0.29) is 5.41 Å². The minimum atomic E-state index is -0.510. The van der Waals surface area contributed by atoms with Crippen LogP contribution in [0.3, 0.4) is 0 Å². The predicted octanol–water partition coefficient (Wildman–Crippen LogP) is 4.02. The Hall–Kier alpha value is -4.80. The van der Waals surface area contributed by atoms with Crippen molar-refractivity contribution in [3.05, 3.63) is 76.7 Å². The molecule has 1 aromatic heterocycles. The van der Waals surface area contributed by atoms with Gasteiger partial charge in [0.2, 0.25) is 5.91 Å². The fourth-order valence-corrected chi connectivity index (χ4v) is 4.52. The Bertz CT molecular complexity index is 1550. The summed E-state index contributed by atoms with van der Waals surface area (Å²) in [5.41, 5.74) is 16.7. The van der Waals surface area contributed by atoms with Crippen molar-refractivity contribution in [3.63, 3.8) is 0 Å². The molecule has 10 nitrogen and oxygen atoms in total. The normalized spacial score (nSPS) is 15.6. The van der Waals surface area contributed by atoms with E-state index in [1.807, 2.05) is 23.3 Å². The number of nitriles is 2. The lowest BCUT2D eigenvalue weighted by Crippen LogP contribution is -2.38. The molecule has 0 unspecified atom stereocenters. The van der Waals surface area contributed by atoms with E-state index in [4.69, 9.17) is 5.73 Å². The van der Waals surface area contributed by atoms with Crippen LogP contribution in [0.2, 0.25) is 0 Å². The SMILES string of the molecule is CC(C)(C)CNc1c(C#N)cnc2c(C#N)cc(N[C@H](C3=CN(C4CC4)NN3)c3cccc(C(N)=O)c3)cc12. The van der Waals surface area contributed by atoms with Gasteiger partial charge in [-0.3, -0.25) is 14.8 Å². The summed E-state index contributed by atoms with van der Waals surface area (Å²) in [7, 11) is 0. The number of hydrazine groups is 2. The van der Waals surface area contributed by atoms with Crippen molar-refractivity contribution < 1.29 is 4.79 Å². The lowest BCUT2D eigenvalue weighted by molar-refractivity contribution is 0.1000. The second-order valence-corrected chi connectivity index (χ2v) is 11.1. The Morgan fingerprint density at radius 3 is 2.64 bits per heavy atom. The third-order valence-corrected chi connectivity index (χ3v) is 6.68. The van der Waals surface area contributed by atoms with Crippen molar-refractivity contribution in [3.8, 4) is 12.1 Å². The first-order chi connectivity index (χ1) is 18.7. The first-order valence-corrected chi connectivity index (χ1v) is 12.9. The molecule has 1 fully saturated rings. The molecule has 10 heteroatoms. The molecule has 5 rings (SSSR count). The van der Waals surface area contributed by atoms with Crippen LogP contribution in [0.15, 0.2) is 54.5 Å². The van der Waals surface area contributed by atoms with Gasteiger partial charge in [0.15, 0.2) is 0 Å². The highest BCUT2D eigenvalue weighted by molar-refractivity contribution is 5.99. The number of pyridine rings is 1. The van der Waals surface area contributed by atoms with E-state index < -0.39 is 11.9 Å². The molecule has 2 aliphatic rings. The van der Waals surface area contributed by atoms with Crippen LogP contribution in [0.1, 0.15) is 66.7 Å². The van der Waals surface area contributed by atoms with Gasteiger partial charge in [0.25, 0.3) is 0 Å². The molecule has 2 heterocycles. The minimum absolute atomic E-state index is 0.0339. The van der Waals surface area contributed by atoms with Crippen LogP contribution in [0.5, 0.6) is 0 Å². The van der Waals surface area contributed by atoms with Gasteiger partial charge in [0.1, 0.15) is 12.1 Å². The second kappa shape index (κ2) is 10.2. The first kappa shape index (κ1) is 25.8. The number of primary amides is 1.